The largest absolute Gasteiger partial charge is 0.274 e. The van der Waals surface area contributed by atoms with Crippen LogP contribution in [0.4, 0.5) is 5.69 Å². The molecule has 1 aromatic rings. The zero-order valence-corrected chi connectivity index (χ0v) is 11.0. The second kappa shape index (κ2) is 3.22. The zero-order valence-electron chi connectivity index (χ0n) is 11.0. The summed E-state index contributed by atoms with van der Waals surface area (Å²) >= 11 is 0. The van der Waals surface area contributed by atoms with E-state index in [1.54, 1.807) is 0 Å². The molecule has 3 nitrogen and oxygen atoms in total. The van der Waals surface area contributed by atoms with E-state index in [-0.39, 0.29) is 29.1 Å². The van der Waals surface area contributed by atoms with Gasteiger partial charge in [0.25, 0.3) is 0 Å². The smallest absolute Gasteiger partial charge is 0.238 e. The molecule has 3 heteroatoms. The van der Waals surface area contributed by atoms with E-state index in [2.05, 4.69) is 12.2 Å². The highest BCUT2D eigenvalue weighted by molar-refractivity contribution is 6.23. The Morgan fingerprint density at radius 3 is 1.95 bits per heavy atom. The van der Waals surface area contributed by atoms with E-state index < -0.39 is 0 Å². The van der Waals surface area contributed by atoms with Crippen LogP contribution < -0.4 is 4.90 Å². The molecule has 2 bridgehead atoms. The Labute approximate surface area is 117 Å². The fourth-order valence-corrected chi connectivity index (χ4v) is 4.91. The van der Waals surface area contributed by atoms with Gasteiger partial charge in [-0.05, 0) is 42.2 Å². The number of carbonyl (C=O) groups excluding carboxylic acids is 2. The second-order valence-corrected chi connectivity index (χ2v) is 6.57. The van der Waals surface area contributed by atoms with E-state index >= 15 is 0 Å². The van der Waals surface area contributed by atoms with Crippen molar-refractivity contribution in [2.45, 2.75) is 12.8 Å². The van der Waals surface area contributed by atoms with Crippen molar-refractivity contribution in [3.8, 4) is 0 Å². The molecule has 0 unspecified atom stereocenters. The normalized spacial score (nSPS) is 38.9. The number of benzene rings is 1. The van der Waals surface area contributed by atoms with Crippen molar-refractivity contribution >= 4 is 17.5 Å². The monoisotopic (exact) mass is 265 g/mol. The number of fused-ring (bicyclic) bond motifs is 3. The number of hydrogen-bond acceptors (Lipinski definition) is 2. The van der Waals surface area contributed by atoms with Gasteiger partial charge in [0.1, 0.15) is 0 Å². The van der Waals surface area contributed by atoms with Crippen LogP contribution in [0.25, 0.3) is 0 Å². The first-order valence-corrected chi connectivity index (χ1v) is 7.35. The van der Waals surface area contributed by atoms with Crippen molar-refractivity contribution in [3.63, 3.8) is 0 Å². The van der Waals surface area contributed by atoms with Gasteiger partial charge in [-0.2, -0.15) is 0 Å². The minimum atomic E-state index is -0.0970. The average Bonchev–Trinajstić information content (AvgIpc) is 3.06. The van der Waals surface area contributed by atoms with Gasteiger partial charge in [0, 0.05) is 0 Å². The number of rotatable bonds is 1. The van der Waals surface area contributed by atoms with E-state index in [0.717, 1.165) is 5.69 Å². The first-order valence-electron chi connectivity index (χ1n) is 7.35. The Balaban J connectivity index is 1.60. The van der Waals surface area contributed by atoms with E-state index in [1.165, 1.54) is 17.7 Å². The van der Waals surface area contributed by atoms with Gasteiger partial charge >= 0.3 is 0 Å². The lowest BCUT2D eigenvalue weighted by Crippen LogP contribution is -2.34. The number of hydrogen-bond donors (Lipinski definition) is 0. The summed E-state index contributed by atoms with van der Waals surface area (Å²) in [6.07, 6.45) is 6.79. The van der Waals surface area contributed by atoms with Crippen molar-refractivity contribution in [3.05, 3.63) is 42.5 Å². The number of anilines is 1. The Hall–Kier alpha value is -1.90. The summed E-state index contributed by atoms with van der Waals surface area (Å²) in [5, 5.41) is 0. The minimum Gasteiger partial charge on any atom is -0.274 e. The molecular formula is C17H15NO2. The molecule has 1 spiro atoms. The quantitative estimate of drug-likeness (QED) is 0.577. The van der Waals surface area contributed by atoms with Crippen LogP contribution in [-0.4, -0.2) is 11.8 Å². The third-order valence-electron chi connectivity index (χ3n) is 5.87. The first kappa shape index (κ1) is 10.8. The highest BCUT2D eigenvalue weighted by atomic mass is 16.2. The number of amides is 2. The van der Waals surface area contributed by atoms with Gasteiger partial charge in [-0.3, -0.25) is 14.5 Å². The van der Waals surface area contributed by atoms with Crippen molar-refractivity contribution in [1.29, 1.82) is 0 Å². The van der Waals surface area contributed by atoms with Crippen LogP contribution in [0.15, 0.2) is 42.5 Å². The highest BCUT2D eigenvalue weighted by Gasteiger charge is 2.73. The third kappa shape index (κ3) is 1.02. The summed E-state index contributed by atoms with van der Waals surface area (Å²) in [5.41, 5.74) is 1.00. The molecule has 1 aromatic carbocycles. The van der Waals surface area contributed by atoms with Crippen LogP contribution in [0.5, 0.6) is 0 Å². The van der Waals surface area contributed by atoms with Crippen molar-refractivity contribution in [2.24, 2.45) is 29.1 Å². The van der Waals surface area contributed by atoms with Gasteiger partial charge in [0.05, 0.1) is 17.5 Å². The molecule has 1 heterocycles. The molecular weight excluding hydrogens is 250 g/mol. The van der Waals surface area contributed by atoms with E-state index in [1.807, 2.05) is 30.3 Å². The molecule has 100 valence electrons. The lowest BCUT2D eigenvalue weighted by molar-refractivity contribution is -0.123. The number of carbonyl (C=O) groups is 2. The molecule has 2 saturated carbocycles. The van der Waals surface area contributed by atoms with Gasteiger partial charge in [0.15, 0.2) is 0 Å². The van der Waals surface area contributed by atoms with Crippen molar-refractivity contribution in [2.75, 3.05) is 4.90 Å². The molecule has 3 fully saturated rings. The SMILES string of the molecule is O=C1[C@@H]2[C@H](C(=O)N1c1ccccc1)[C@H]1C=C[C@H]2C12CC2. The Morgan fingerprint density at radius 2 is 1.45 bits per heavy atom. The molecule has 3 aliphatic carbocycles. The van der Waals surface area contributed by atoms with Crippen molar-refractivity contribution in [1.82, 2.24) is 0 Å². The predicted molar refractivity (Wildman–Crippen MR) is 73.7 cm³/mol. The summed E-state index contributed by atoms with van der Waals surface area (Å²) in [7, 11) is 0. The lowest BCUT2D eigenvalue weighted by Gasteiger charge is -2.21. The van der Waals surface area contributed by atoms with Crippen LogP contribution in [0.2, 0.25) is 0 Å². The molecule has 0 radical (unpaired) electrons. The van der Waals surface area contributed by atoms with E-state index in [9.17, 15) is 9.59 Å². The maximum atomic E-state index is 12.8. The third-order valence-corrected chi connectivity index (χ3v) is 5.87. The molecule has 0 aromatic heterocycles. The summed E-state index contributed by atoms with van der Waals surface area (Å²) in [6.45, 7) is 0. The van der Waals surface area contributed by atoms with Gasteiger partial charge in [0.2, 0.25) is 11.8 Å². The number of nitrogens with zero attached hydrogens (tertiary/aromatic N) is 1. The molecule has 20 heavy (non-hydrogen) atoms. The highest BCUT2D eigenvalue weighted by Crippen LogP contribution is 2.73. The lowest BCUT2D eigenvalue weighted by atomic mass is 9.85. The molecule has 5 rings (SSSR count). The average molecular weight is 265 g/mol. The Kier molecular flexibility index (Phi) is 1.74. The van der Waals surface area contributed by atoms with Crippen LogP contribution in [0.3, 0.4) is 0 Å². The Bertz CT molecular complexity index is 625. The van der Waals surface area contributed by atoms with Gasteiger partial charge in [-0.1, -0.05) is 30.4 Å². The molecule has 2 amide bonds. The number of para-hydroxylation sites is 1. The first-order chi connectivity index (χ1) is 9.74. The van der Waals surface area contributed by atoms with E-state index in [0.29, 0.717) is 11.8 Å². The number of allylic oxidation sites excluding steroid dienone is 2. The zero-order chi connectivity index (χ0) is 13.5. The Morgan fingerprint density at radius 1 is 0.900 bits per heavy atom. The van der Waals surface area contributed by atoms with Crippen LogP contribution in [0.1, 0.15) is 12.8 Å². The summed E-state index contributed by atoms with van der Waals surface area (Å²) in [6, 6.07) is 9.34. The topological polar surface area (TPSA) is 37.4 Å². The van der Waals surface area contributed by atoms with Gasteiger partial charge < -0.3 is 0 Å². The summed E-state index contributed by atoms with van der Waals surface area (Å²) < 4.78 is 0. The van der Waals surface area contributed by atoms with E-state index in [4.69, 9.17) is 0 Å². The fourth-order valence-electron chi connectivity index (χ4n) is 4.91. The standard InChI is InChI=1S/C17H15NO2/c19-15-13-11-6-7-12(17(11)8-9-17)14(13)16(20)18(15)10-4-2-1-3-5-10/h1-7,11-14H,8-9H2/t11-,12-,13-,14+/m1/s1. The maximum absolute atomic E-state index is 12.8. The minimum absolute atomic E-state index is 0.0225. The molecule has 4 atom stereocenters. The van der Waals surface area contributed by atoms with Gasteiger partial charge in [-0.25, -0.2) is 0 Å². The molecule has 4 aliphatic rings. The predicted octanol–water partition coefficient (Wildman–Crippen LogP) is 2.39. The molecule has 1 saturated heterocycles. The van der Waals surface area contributed by atoms with Crippen LogP contribution >= 0.6 is 0 Å². The summed E-state index contributed by atoms with van der Waals surface area (Å²) in [5.74, 6) is 0.467. The fraction of sp³-hybridized carbons (Fsp3) is 0.412. The molecule has 1 aliphatic heterocycles. The van der Waals surface area contributed by atoms with Crippen LogP contribution in [0, 0.1) is 29.1 Å². The second-order valence-electron chi connectivity index (χ2n) is 6.57. The van der Waals surface area contributed by atoms with Crippen molar-refractivity contribution < 1.29 is 9.59 Å². The van der Waals surface area contributed by atoms with Crippen LogP contribution in [-0.2, 0) is 9.59 Å². The number of imide groups is 1. The molecule has 0 N–H and O–H groups in total. The summed E-state index contributed by atoms with van der Waals surface area (Å²) in [4.78, 5) is 27.0. The maximum Gasteiger partial charge on any atom is 0.238 e. The van der Waals surface area contributed by atoms with Gasteiger partial charge in [-0.15, -0.1) is 0 Å².